The number of aromatic nitrogens is 3. The van der Waals surface area contributed by atoms with Crippen LogP contribution in [0.5, 0.6) is 0 Å². The number of anilines is 1. The third-order valence-corrected chi connectivity index (χ3v) is 3.12. The zero-order valence-corrected chi connectivity index (χ0v) is 13.2. The molecule has 0 radical (unpaired) electrons. The Labute approximate surface area is 131 Å². The van der Waals surface area contributed by atoms with Crippen LogP contribution in [0, 0.1) is 0 Å². The van der Waals surface area contributed by atoms with Crippen molar-refractivity contribution in [2.45, 2.75) is 26.1 Å². The summed E-state index contributed by atoms with van der Waals surface area (Å²) in [6.45, 7) is 3.36. The van der Waals surface area contributed by atoms with Crippen molar-refractivity contribution in [2.24, 2.45) is 0 Å². The Kier molecular flexibility index (Phi) is 4.59. The van der Waals surface area contributed by atoms with Crippen LogP contribution in [0.3, 0.4) is 0 Å². The van der Waals surface area contributed by atoms with Crippen LogP contribution in [0.15, 0.2) is 16.7 Å². The number of carbonyl (C=O) groups is 1. The molecule has 0 saturated heterocycles. The molecule has 0 amide bonds. The van der Waals surface area contributed by atoms with Crippen molar-refractivity contribution in [3.63, 3.8) is 0 Å². The molecule has 0 aliphatic carbocycles. The van der Waals surface area contributed by atoms with Crippen molar-refractivity contribution in [2.75, 3.05) is 11.9 Å². The van der Waals surface area contributed by atoms with Crippen molar-refractivity contribution < 1.29 is 22.7 Å². The van der Waals surface area contributed by atoms with Gasteiger partial charge >= 0.3 is 12.1 Å². The van der Waals surface area contributed by atoms with E-state index in [4.69, 9.17) is 4.74 Å². The predicted molar refractivity (Wildman–Crippen MR) is 75.4 cm³/mol. The van der Waals surface area contributed by atoms with E-state index in [9.17, 15) is 18.0 Å². The van der Waals surface area contributed by atoms with Crippen molar-refractivity contribution in [3.05, 3.63) is 22.3 Å². The van der Waals surface area contributed by atoms with Gasteiger partial charge in [-0.3, -0.25) is 0 Å². The molecule has 0 fully saturated rings. The number of alkyl halides is 3. The highest BCUT2D eigenvalue weighted by atomic mass is 79.9. The highest BCUT2D eigenvalue weighted by molar-refractivity contribution is 9.10. The fraction of sp³-hybridized carbons (Fsp3) is 0.417. The van der Waals surface area contributed by atoms with Gasteiger partial charge in [-0.05, 0) is 35.8 Å². The Balaban J connectivity index is 2.36. The summed E-state index contributed by atoms with van der Waals surface area (Å²) in [6.07, 6.45) is -3.22. The second-order valence-electron chi connectivity index (χ2n) is 4.39. The number of carbonyl (C=O) groups excluding carboxylic acids is 1. The summed E-state index contributed by atoms with van der Waals surface area (Å²) in [5, 5.41) is 6.50. The normalized spacial score (nSPS) is 13.2. The lowest BCUT2D eigenvalue weighted by molar-refractivity contribution is -0.143. The number of ether oxygens (including phenoxy) is 1. The molecule has 0 aliphatic rings. The summed E-state index contributed by atoms with van der Waals surface area (Å²) in [5.74, 6) is -0.636. The second kappa shape index (κ2) is 6.11. The van der Waals surface area contributed by atoms with Crippen LogP contribution in [0.4, 0.5) is 19.1 Å². The average Bonchev–Trinajstić information content (AvgIpc) is 2.78. The van der Waals surface area contributed by atoms with Gasteiger partial charge < -0.3 is 10.1 Å². The molecule has 2 aromatic rings. The molecule has 0 aromatic carbocycles. The number of nitrogens with zero attached hydrogens (tertiary/aromatic N) is 3. The van der Waals surface area contributed by atoms with Crippen LogP contribution in [0.1, 0.15) is 19.4 Å². The molecule has 0 saturated carbocycles. The van der Waals surface area contributed by atoms with E-state index in [-0.39, 0.29) is 22.7 Å². The van der Waals surface area contributed by atoms with Crippen molar-refractivity contribution in [1.29, 1.82) is 0 Å². The standard InChI is InChI=1S/C12H12BrF3N4O2/c1-3-22-10(21)6(2)17-11-18-9-8(12(14,15)16)4-7(13)5-20(9)19-11/h4-6H,3H2,1-2H3,(H,17,19). The molecule has 22 heavy (non-hydrogen) atoms. The molecule has 2 heterocycles. The molecule has 0 spiro atoms. The van der Waals surface area contributed by atoms with Crippen LogP contribution in [-0.4, -0.2) is 33.2 Å². The summed E-state index contributed by atoms with van der Waals surface area (Å²) >= 11 is 3.00. The molecule has 2 rings (SSSR count). The second-order valence-corrected chi connectivity index (χ2v) is 5.31. The zero-order chi connectivity index (χ0) is 16.5. The van der Waals surface area contributed by atoms with E-state index in [1.54, 1.807) is 6.92 Å². The highest BCUT2D eigenvalue weighted by Gasteiger charge is 2.35. The lowest BCUT2D eigenvalue weighted by Crippen LogP contribution is -2.28. The zero-order valence-electron chi connectivity index (χ0n) is 11.6. The van der Waals surface area contributed by atoms with Gasteiger partial charge in [0.15, 0.2) is 5.65 Å². The summed E-state index contributed by atoms with van der Waals surface area (Å²) in [5.41, 5.74) is -1.28. The molecular formula is C12H12BrF3N4O2. The Bertz CT molecular complexity index is 701. The number of halogens is 4. The molecule has 1 atom stereocenters. The smallest absolute Gasteiger partial charge is 0.420 e. The highest BCUT2D eigenvalue weighted by Crippen LogP contribution is 2.33. The van der Waals surface area contributed by atoms with E-state index >= 15 is 0 Å². The van der Waals surface area contributed by atoms with E-state index in [0.29, 0.717) is 0 Å². The first-order chi connectivity index (χ1) is 10.2. The first-order valence-electron chi connectivity index (χ1n) is 6.28. The quantitative estimate of drug-likeness (QED) is 0.825. The van der Waals surface area contributed by atoms with E-state index in [1.807, 2.05) is 0 Å². The maximum absolute atomic E-state index is 13.0. The summed E-state index contributed by atoms with van der Waals surface area (Å²) < 4.78 is 45.0. The Morgan fingerprint density at radius 2 is 2.23 bits per heavy atom. The van der Waals surface area contributed by atoms with Crippen molar-refractivity contribution in [3.8, 4) is 0 Å². The fourth-order valence-electron chi connectivity index (χ4n) is 1.74. The summed E-state index contributed by atoms with van der Waals surface area (Å²) in [4.78, 5) is 15.3. The Hall–Kier alpha value is -1.84. The number of hydrogen-bond donors (Lipinski definition) is 1. The number of esters is 1. The van der Waals surface area contributed by atoms with Crippen LogP contribution < -0.4 is 5.32 Å². The van der Waals surface area contributed by atoms with Crippen LogP contribution in [-0.2, 0) is 15.7 Å². The molecule has 1 N–H and O–H groups in total. The molecule has 0 aliphatic heterocycles. The molecule has 6 nitrogen and oxygen atoms in total. The van der Waals surface area contributed by atoms with Gasteiger partial charge in [-0.1, -0.05) is 0 Å². The first-order valence-corrected chi connectivity index (χ1v) is 7.08. The number of nitrogens with one attached hydrogen (secondary N) is 1. The predicted octanol–water partition coefficient (Wildman–Crippen LogP) is 2.87. The van der Waals surface area contributed by atoms with Gasteiger partial charge in [-0.25, -0.2) is 9.31 Å². The number of rotatable bonds is 4. The molecule has 1 unspecified atom stereocenters. The molecule has 0 bridgehead atoms. The van der Waals surface area contributed by atoms with E-state index in [2.05, 4.69) is 31.3 Å². The van der Waals surface area contributed by atoms with E-state index in [0.717, 1.165) is 10.6 Å². The minimum Gasteiger partial charge on any atom is -0.464 e. The molecular weight excluding hydrogens is 369 g/mol. The first kappa shape index (κ1) is 16.5. The summed E-state index contributed by atoms with van der Waals surface area (Å²) in [7, 11) is 0. The van der Waals surface area contributed by atoms with Crippen LogP contribution >= 0.6 is 15.9 Å². The van der Waals surface area contributed by atoms with Gasteiger partial charge in [0.2, 0.25) is 5.95 Å². The van der Waals surface area contributed by atoms with Crippen LogP contribution in [0.25, 0.3) is 5.65 Å². The topological polar surface area (TPSA) is 68.5 Å². The van der Waals surface area contributed by atoms with E-state index in [1.165, 1.54) is 13.1 Å². The van der Waals surface area contributed by atoms with Gasteiger partial charge in [0.05, 0.1) is 6.61 Å². The number of pyridine rings is 1. The molecule has 120 valence electrons. The number of hydrogen-bond acceptors (Lipinski definition) is 5. The molecule has 2 aromatic heterocycles. The number of fused-ring (bicyclic) bond motifs is 1. The summed E-state index contributed by atoms with van der Waals surface area (Å²) in [6, 6.07) is 0.137. The lowest BCUT2D eigenvalue weighted by Gasteiger charge is -2.10. The largest absolute Gasteiger partial charge is 0.464 e. The minimum absolute atomic E-state index is 0.0934. The van der Waals surface area contributed by atoms with Gasteiger partial charge in [-0.15, -0.1) is 5.10 Å². The fourth-order valence-corrected chi connectivity index (χ4v) is 2.17. The van der Waals surface area contributed by atoms with Gasteiger partial charge in [0.1, 0.15) is 11.6 Å². The van der Waals surface area contributed by atoms with Gasteiger partial charge in [0, 0.05) is 10.7 Å². The van der Waals surface area contributed by atoms with Crippen molar-refractivity contribution >= 4 is 33.5 Å². The third kappa shape index (κ3) is 3.49. The van der Waals surface area contributed by atoms with Crippen molar-refractivity contribution in [1.82, 2.24) is 14.6 Å². The minimum atomic E-state index is -4.57. The molecule has 10 heteroatoms. The maximum atomic E-state index is 13.0. The lowest BCUT2D eigenvalue weighted by atomic mass is 10.2. The third-order valence-electron chi connectivity index (χ3n) is 2.69. The Morgan fingerprint density at radius 1 is 1.55 bits per heavy atom. The SMILES string of the molecule is CCOC(=O)C(C)Nc1nc2c(C(F)(F)F)cc(Br)cn2n1. The van der Waals surface area contributed by atoms with Gasteiger partial charge in [-0.2, -0.15) is 18.2 Å². The average molecular weight is 381 g/mol. The Morgan fingerprint density at radius 3 is 2.82 bits per heavy atom. The van der Waals surface area contributed by atoms with Gasteiger partial charge in [0.25, 0.3) is 0 Å². The van der Waals surface area contributed by atoms with Crippen LogP contribution in [0.2, 0.25) is 0 Å². The van der Waals surface area contributed by atoms with E-state index < -0.39 is 23.8 Å². The monoisotopic (exact) mass is 380 g/mol. The maximum Gasteiger partial charge on any atom is 0.420 e.